The molecule has 0 aliphatic carbocycles. The van der Waals surface area contributed by atoms with Crippen molar-refractivity contribution in [2.75, 3.05) is 18.7 Å². The van der Waals surface area contributed by atoms with Crippen molar-refractivity contribution in [1.29, 1.82) is 0 Å². The van der Waals surface area contributed by atoms with Crippen LogP contribution in [0.3, 0.4) is 0 Å². The summed E-state index contributed by atoms with van der Waals surface area (Å²) in [5.74, 6) is -1.54. The fourth-order valence-corrected chi connectivity index (χ4v) is 3.84. The molecule has 1 aromatic heterocycles. The number of pyridine rings is 1. The standard InChI is InChI=1S/C20H21Cl3FNO4S/c1-30(28,29)7-6-17-16(21)8-15(11-25-17)12-2-4-13(5-3-12)19(27)14(10-24)9-18(26)20(22)23/h2-5,8,11,14,19-20,27H,6-7,9-10H2,1H3/t14-,19-/m1/s1. The van der Waals surface area contributed by atoms with Crippen LogP contribution in [0.2, 0.25) is 5.02 Å². The molecule has 1 heterocycles. The van der Waals surface area contributed by atoms with E-state index in [4.69, 9.17) is 34.8 Å². The number of nitrogens with zero attached hydrogens (tertiary/aromatic N) is 1. The summed E-state index contributed by atoms with van der Waals surface area (Å²) in [7, 11) is -3.12. The van der Waals surface area contributed by atoms with Gasteiger partial charge in [-0.1, -0.05) is 59.1 Å². The highest BCUT2D eigenvalue weighted by molar-refractivity contribution is 7.90. The maximum Gasteiger partial charge on any atom is 0.166 e. The van der Waals surface area contributed by atoms with E-state index in [1.165, 1.54) is 0 Å². The van der Waals surface area contributed by atoms with Gasteiger partial charge in [-0.25, -0.2) is 8.42 Å². The third-order valence-corrected chi connectivity index (χ3v) is 6.32. The molecule has 0 saturated carbocycles. The molecule has 0 radical (unpaired) electrons. The Morgan fingerprint density at radius 1 is 1.20 bits per heavy atom. The van der Waals surface area contributed by atoms with E-state index in [0.29, 0.717) is 21.8 Å². The molecule has 5 nitrogen and oxygen atoms in total. The van der Waals surface area contributed by atoms with Crippen LogP contribution in [0.15, 0.2) is 36.5 Å². The summed E-state index contributed by atoms with van der Waals surface area (Å²) in [5, 5.41) is 10.8. The Kier molecular flexibility index (Phi) is 9.06. The van der Waals surface area contributed by atoms with Gasteiger partial charge in [-0.2, -0.15) is 0 Å². The number of sulfone groups is 1. The zero-order valence-corrected chi connectivity index (χ0v) is 19.1. The molecule has 0 aliphatic rings. The van der Waals surface area contributed by atoms with Gasteiger partial charge < -0.3 is 5.11 Å². The topological polar surface area (TPSA) is 84.3 Å². The third-order valence-electron chi connectivity index (χ3n) is 4.56. The molecule has 0 spiro atoms. The van der Waals surface area contributed by atoms with Gasteiger partial charge in [0.2, 0.25) is 0 Å². The van der Waals surface area contributed by atoms with Crippen molar-refractivity contribution in [2.45, 2.75) is 23.8 Å². The summed E-state index contributed by atoms with van der Waals surface area (Å²) in [6, 6.07) is 8.35. The molecule has 0 unspecified atom stereocenters. The maximum atomic E-state index is 13.3. The summed E-state index contributed by atoms with van der Waals surface area (Å²) >= 11 is 17.2. The van der Waals surface area contributed by atoms with E-state index in [1.54, 1.807) is 36.5 Å². The third kappa shape index (κ3) is 7.17. The first-order valence-electron chi connectivity index (χ1n) is 8.99. The van der Waals surface area contributed by atoms with Crippen molar-refractivity contribution < 1.29 is 22.7 Å². The Hall–Kier alpha value is -1.25. The fourth-order valence-electron chi connectivity index (χ4n) is 2.83. The van der Waals surface area contributed by atoms with Crippen molar-refractivity contribution in [3.8, 4) is 11.1 Å². The van der Waals surface area contributed by atoms with Crippen LogP contribution in [0.5, 0.6) is 0 Å². The average molecular weight is 497 g/mol. The first-order chi connectivity index (χ1) is 14.0. The smallest absolute Gasteiger partial charge is 0.166 e. The summed E-state index contributed by atoms with van der Waals surface area (Å²) in [6.07, 6.45) is 1.49. The van der Waals surface area contributed by atoms with Crippen LogP contribution in [0, 0.1) is 5.92 Å². The number of carbonyl (C=O) groups excluding carboxylic acids is 1. The molecule has 10 heteroatoms. The van der Waals surface area contributed by atoms with E-state index in [2.05, 4.69) is 4.98 Å². The Morgan fingerprint density at radius 3 is 2.33 bits per heavy atom. The van der Waals surface area contributed by atoms with E-state index in [0.717, 1.165) is 11.8 Å². The molecular formula is C20H21Cl3FNO4S. The summed E-state index contributed by atoms with van der Waals surface area (Å²) in [5.41, 5.74) is 2.39. The van der Waals surface area contributed by atoms with Crippen LogP contribution >= 0.6 is 34.8 Å². The minimum atomic E-state index is -3.12. The number of carbonyl (C=O) groups is 1. The minimum absolute atomic E-state index is 0.0436. The Morgan fingerprint density at radius 2 is 1.83 bits per heavy atom. The molecule has 30 heavy (non-hydrogen) atoms. The van der Waals surface area contributed by atoms with Crippen molar-refractivity contribution in [2.24, 2.45) is 5.92 Å². The Labute approximate surface area is 190 Å². The number of aliphatic hydroxyl groups excluding tert-OH is 1. The number of Topliss-reactive ketones (excluding diaryl/α,β-unsaturated/α-hetero) is 1. The van der Waals surface area contributed by atoms with Crippen molar-refractivity contribution in [3.63, 3.8) is 0 Å². The molecule has 0 aliphatic heterocycles. The number of ketones is 1. The van der Waals surface area contributed by atoms with Gasteiger partial charge in [0.05, 0.1) is 29.2 Å². The number of aromatic nitrogens is 1. The monoisotopic (exact) mass is 495 g/mol. The van der Waals surface area contributed by atoms with Gasteiger partial charge in [0.15, 0.2) is 10.6 Å². The van der Waals surface area contributed by atoms with Crippen LogP contribution < -0.4 is 0 Å². The van der Waals surface area contributed by atoms with E-state index < -0.39 is 39.2 Å². The highest BCUT2D eigenvalue weighted by Crippen LogP contribution is 2.30. The highest BCUT2D eigenvalue weighted by Gasteiger charge is 2.26. The van der Waals surface area contributed by atoms with E-state index in [9.17, 15) is 22.7 Å². The van der Waals surface area contributed by atoms with E-state index >= 15 is 0 Å². The van der Waals surface area contributed by atoms with Crippen LogP contribution in [-0.4, -0.2) is 47.8 Å². The predicted octanol–water partition coefficient (Wildman–Crippen LogP) is 4.37. The average Bonchev–Trinajstić information content (AvgIpc) is 2.69. The van der Waals surface area contributed by atoms with Crippen LogP contribution in [-0.2, 0) is 21.1 Å². The maximum absolute atomic E-state index is 13.3. The lowest BCUT2D eigenvalue weighted by atomic mass is 9.91. The van der Waals surface area contributed by atoms with Gasteiger partial charge in [0.25, 0.3) is 0 Å². The first-order valence-corrected chi connectivity index (χ1v) is 12.3. The molecule has 0 amide bonds. The lowest BCUT2D eigenvalue weighted by Crippen LogP contribution is -2.21. The zero-order chi connectivity index (χ0) is 22.5. The highest BCUT2D eigenvalue weighted by atomic mass is 35.5. The van der Waals surface area contributed by atoms with Crippen LogP contribution in [0.4, 0.5) is 4.39 Å². The van der Waals surface area contributed by atoms with E-state index in [-0.39, 0.29) is 18.6 Å². The molecule has 2 atom stereocenters. The minimum Gasteiger partial charge on any atom is -0.388 e. The largest absolute Gasteiger partial charge is 0.388 e. The van der Waals surface area contributed by atoms with Gasteiger partial charge in [0, 0.05) is 36.8 Å². The first kappa shape index (κ1) is 25.0. The zero-order valence-electron chi connectivity index (χ0n) is 16.1. The number of alkyl halides is 3. The van der Waals surface area contributed by atoms with Gasteiger partial charge in [0.1, 0.15) is 9.84 Å². The van der Waals surface area contributed by atoms with Gasteiger partial charge in [-0.15, -0.1) is 0 Å². The number of benzene rings is 1. The predicted molar refractivity (Wildman–Crippen MR) is 118 cm³/mol. The number of hydrogen-bond donors (Lipinski definition) is 1. The van der Waals surface area contributed by atoms with Crippen LogP contribution in [0.25, 0.3) is 11.1 Å². The second-order valence-electron chi connectivity index (χ2n) is 6.98. The van der Waals surface area contributed by atoms with Crippen molar-refractivity contribution >= 4 is 50.4 Å². The molecule has 1 aromatic carbocycles. The van der Waals surface area contributed by atoms with Gasteiger partial charge in [-0.05, 0) is 17.2 Å². The number of aryl methyl sites for hydroxylation is 1. The molecule has 0 fully saturated rings. The van der Waals surface area contributed by atoms with Gasteiger partial charge >= 0.3 is 0 Å². The molecule has 1 N–H and O–H groups in total. The van der Waals surface area contributed by atoms with Crippen molar-refractivity contribution in [3.05, 3.63) is 52.8 Å². The quantitative estimate of drug-likeness (QED) is 0.494. The molecule has 0 saturated heterocycles. The summed E-state index contributed by atoms with van der Waals surface area (Å²) in [4.78, 5) is 14.6. The van der Waals surface area contributed by atoms with Gasteiger partial charge in [-0.3, -0.25) is 14.2 Å². The lowest BCUT2D eigenvalue weighted by molar-refractivity contribution is -0.119. The molecule has 164 valence electrons. The molecule has 2 rings (SSSR count). The summed E-state index contributed by atoms with van der Waals surface area (Å²) in [6.45, 7) is -0.899. The second kappa shape index (κ2) is 10.9. The molecular weight excluding hydrogens is 476 g/mol. The van der Waals surface area contributed by atoms with E-state index in [1.807, 2.05) is 0 Å². The number of hydrogen-bond acceptors (Lipinski definition) is 5. The normalized spacial score (nSPS) is 14.0. The SMILES string of the molecule is CS(=O)(=O)CCc1ncc(-c2ccc([C@@H](O)[C@@H](CF)CC(=O)C(Cl)Cl)cc2)cc1Cl. The Bertz CT molecular complexity index is 984. The molecule has 0 bridgehead atoms. The molecule has 2 aromatic rings. The van der Waals surface area contributed by atoms with Crippen LogP contribution in [0.1, 0.15) is 23.8 Å². The number of aliphatic hydroxyl groups is 1. The fraction of sp³-hybridized carbons (Fsp3) is 0.400. The number of halogens is 4. The second-order valence-corrected chi connectivity index (χ2v) is 10.7. The summed E-state index contributed by atoms with van der Waals surface area (Å²) < 4.78 is 35.9. The van der Waals surface area contributed by atoms with Crippen molar-refractivity contribution in [1.82, 2.24) is 4.98 Å². The Balaban J connectivity index is 2.14. The number of rotatable bonds is 10. The lowest BCUT2D eigenvalue weighted by Gasteiger charge is -2.20.